The van der Waals surface area contributed by atoms with Crippen molar-refractivity contribution in [3.8, 4) is 23.7 Å². The summed E-state index contributed by atoms with van der Waals surface area (Å²) in [5.74, 6) is 0.630. The minimum absolute atomic E-state index is 0.0860. The van der Waals surface area contributed by atoms with Gasteiger partial charge in [0.05, 0.1) is 36.7 Å². The second-order valence-corrected chi connectivity index (χ2v) is 8.30. The summed E-state index contributed by atoms with van der Waals surface area (Å²) in [7, 11) is 0. The lowest BCUT2D eigenvalue weighted by atomic mass is 10.1. The lowest BCUT2D eigenvalue weighted by molar-refractivity contribution is 0.0718. The molecule has 1 unspecified atom stereocenters. The fraction of sp³-hybridized carbons (Fsp3) is 0.360. The van der Waals surface area contributed by atoms with Gasteiger partial charge in [-0.05, 0) is 38.0 Å². The lowest BCUT2D eigenvalue weighted by Crippen LogP contribution is -2.37. The third-order valence-corrected chi connectivity index (χ3v) is 6.12. The van der Waals surface area contributed by atoms with Crippen LogP contribution >= 0.6 is 0 Å². The Kier molecular flexibility index (Phi) is 6.50. The largest absolute Gasteiger partial charge is 0.373 e. The van der Waals surface area contributed by atoms with E-state index >= 15 is 0 Å². The smallest absolute Gasteiger partial charge is 0.275 e. The van der Waals surface area contributed by atoms with E-state index in [2.05, 4.69) is 26.2 Å². The molecule has 10 heteroatoms. The quantitative estimate of drug-likeness (QED) is 0.401. The number of fused-ring (bicyclic) bond motifs is 1. The highest BCUT2D eigenvalue weighted by molar-refractivity contribution is 6.06. The summed E-state index contributed by atoms with van der Waals surface area (Å²) in [6, 6.07) is 7.81. The van der Waals surface area contributed by atoms with Gasteiger partial charge < -0.3 is 14.2 Å². The number of ether oxygens (including phenoxy) is 1. The molecule has 0 aliphatic carbocycles. The van der Waals surface area contributed by atoms with Gasteiger partial charge in [0.15, 0.2) is 5.69 Å². The predicted octanol–water partition coefficient (Wildman–Crippen LogP) is 2.66. The molecule has 1 fully saturated rings. The summed E-state index contributed by atoms with van der Waals surface area (Å²) in [6.07, 6.45) is 12.7. The van der Waals surface area contributed by atoms with E-state index in [4.69, 9.17) is 20.8 Å². The first kappa shape index (κ1) is 22.7. The Bertz CT molecular complexity index is 1320. The first-order valence-electron chi connectivity index (χ1n) is 11.6. The first-order chi connectivity index (χ1) is 17.2. The summed E-state index contributed by atoms with van der Waals surface area (Å²) in [5, 5.41) is 8.71. The van der Waals surface area contributed by atoms with Gasteiger partial charge in [-0.1, -0.05) is 23.7 Å². The molecule has 2 aliphatic rings. The van der Waals surface area contributed by atoms with Gasteiger partial charge in [-0.15, -0.1) is 0 Å². The maximum atomic E-state index is 13.8. The van der Waals surface area contributed by atoms with Crippen molar-refractivity contribution in [2.24, 2.45) is 4.99 Å². The predicted molar refractivity (Wildman–Crippen MR) is 127 cm³/mol. The molecule has 178 valence electrons. The maximum Gasteiger partial charge on any atom is 0.275 e. The molecule has 0 radical (unpaired) electrons. The maximum absolute atomic E-state index is 13.8. The van der Waals surface area contributed by atoms with Gasteiger partial charge in [-0.25, -0.2) is 0 Å². The average Bonchev–Trinajstić information content (AvgIpc) is 3.63. The molecule has 1 atom stereocenters. The number of aromatic nitrogens is 5. The molecule has 5 rings (SSSR count). The van der Waals surface area contributed by atoms with Crippen LogP contribution in [0.2, 0.25) is 0 Å². The summed E-state index contributed by atoms with van der Waals surface area (Å²) in [5.41, 5.74) is 3.18. The number of likely N-dealkylation sites (tertiary alicyclic amines) is 1. The van der Waals surface area contributed by atoms with Gasteiger partial charge in [0.25, 0.3) is 5.91 Å². The van der Waals surface area contributed by atoms with Crippen LogP contribution in [0, 0.1) is 12.5 Å². The molecule has 2 aliphatic heterocycles. The van der Waals surface area contributed by atoms with Gasteiger partial charge >= 0.3 is 0 Å². The molecule has 0 aromatic carbocycles. The van der Waals surface area contributed by atoms with Crippen molar-refractivity contribution in [3.63, 3.8) is 0 Å². The minimum atomic E-state index is -0.127. The van der Waals surface area contributed by atoms with Gasteiger partial charge in [-0.2, -0.15) is 15.1 Å². The monoisotopic (exact) mass is 471 g/mol. The molecule has 0 N–H and O–H groups in total. The zero-order valence-electron chi connectivity index (χ0n) is 19.4. The average molecular weight is 472 g/mol. The Hall–Kier alpha value is -4.10. The lowest BCUT2D eigenvalue weighted by Gasteiger charge is -2.23. The van der Waals surface area contributed by atoms with Gasteiger partial charge in [0, 0.05) is 31.2 Å². The molecular formula is C25H25N7O3. The number of aliphatic imine (C=N–C) groups is 1. The number of nitrogens with zero attached hydrogens (tertiary/aromatic N) is 7. The third-order valence-electron chi connectivity index (χ3n) is 6.12. The Morgan fingerprint density at radius 2 is 2.29 bits per heavy atom. The second kappa shape index (κ2) is 10.0. The van der Waals surface area contributed by atoms with E-state index in [1.807, 2.05) is 34.7 Å². The summed E-state index contributed by atoms with van der Waals surface area (Å²) in [4.78, 5) is 28.6. The minimum Gasteiger partial charge on any atom is -0.373 e. The Morgan fingerprint density at radius 1 is 1.37 bits per heavy atom. The fourth-order valence-corrected chi connectivity index (χ4v) is 4.56. The topological polar surface area (TPSA) is 112 Å². The molecule has 1 amide bonds. The molecule has 3 aromatic heterocycles. The summed E-state index contributed by atoms with van der Waals surface area (Å²) < 4.78 is 13.0. The van der Waals surface area contributed by atoms with Crippen LogP contribution in [0.5, 0.6) is 0 Å². The van der Waals surface area contributed by atoms with Crippen molar-refractivity contribution in [1.82, 2.24) is 29.8 Å². The standard InChI is InChI=1S/C25H25N7O3/c1-3-8-19(26-4-2)24-28-21(35-30-24)15-17-9-7-12-31(17)25(33)23-22(18-10-5-6-11-27-18)20-16-34-14-13-32(20)29-23/h2-3,5-6,8,10-11,17H,7,9,12-16H2,1H3/b8-3-,26-19?. The van der Waals surface area contributed by atoms with E-state index in [1.165, 1.54) is 0 Å². The Balaban J connectivity index is 1.42. The van der Waals surface area contributed by atoms with Crippen LogP contribution in [-0.2, 0) is 24.3 Å². The molecule has 1 saturated heterocycles. The van der Waals surface area contributed by atoms with Gasteiger partial charge in [-0.3, -0.25) is 14.5 Å². The van der Waals surface area contributed by atoms with E-state index in [1.54, 1.807) is 18.3 Å². The van der Waals surface area contributed by atoms with Crippen LogP contribution in [0.3, 0.4) is 0 Å². The van der Waals surface area contributed by atoms with Crippen molar-refractivity contribution < 1.29 is 14.1 Å². The fourth-order valence-electron chi connectivity index (χ4n) is 4.56. The normalized spacial score (nSPS) is 18.1. The molecular weight excluding hydrogens is 446 g/mol. The van der Waals surface area contributed by atoms with Crippen LogP contribution in [-0.4, -0.2) is 60.6 Å². The van der Waals surface area contributed by atoms with Crippen LogP contribution in [0.4, 0.5) is 0 Å². The number of pyridine rings is 1. The number of carbonyl (C=O) groups is 1. The summed E-state index contributed by atoms with van der Waals surface area (Å²) in [6.45, 7) is 4.05. The second-order valence-electron chi connectivity index (χ2n) is 8.30. The van der Waals surface area contributed by atoms with Gasteiger partial charge in [0.2, 0.25) is 11.7 Å². The van der Waals surface area contributed by atoms with Crippen molar-refractivity contribution >= 4 is 11.6 Å². The van der Waals surface area contributed by atoms with E-state index in [0.29, 0.717) is 61.5 Å². The molecule has 5 heterocycles. The van der Waals surface area contributed by atoms with Crippen LogP contribution in [0.25, 0.3) is 11.3 Å². The van der Waals surface area contributed by atoms with E-state index in [-0.39, 0.29) is 11.9 Å². The number of amides is 1. The van der Waals surface area contributed by atoms with Crippen LogP contribution < -0.4 is 0 Å². The molecule has 10 nitrogen and oxygen atoms in total. The van der Waals surface area contributed by atoms with Crippen molar-refractivity contribution in [3.05, 3.63) is 59.7 Å². The van der Waals surface area contributed by atoms with Crippen molar-refractivity contribution in [2.75, 3.05) is 13.2 Å². The first-order valence-corrected chi connectivity index (χ1v) is 11.6. The van der Waals surface area contributed by atoms with Crippen LogP contribution in [0.15, 0.2) is 46.1 Å². The van der Waals surface area contributed by atoms with E-state index in [9.17, 15) is 4.79 Å². The highest BCUT2D eigenvalue weighted by atomic mass is 16.5. The zero-order chi connectivity index (χ0) is 24.2. The van der Waals surface area contributed by atoms with E-state index < -0.39 is 0 Å². The zero-order valence-corrected chi connectivity index (χ0v) is 19.4. The summed E-state index contributed by atoms with van der Waals surface area (Å²) >= 11 is 0. The molecule has 3 aromatic rings. The third kappa shape index (κ3) is 4.50. The van der Waals surface area contributed by atoms with Gasteiger partial charge in [0.1, 0.15) is 5.71 Å². The molecule has 0 bridgehead atoms. The van der Waals surface area contributed by atoms with Crippen molar-refractivity contribution in [2.45, 2.75) is 45.4 Å². The Morgan fingerprint density at radius 3 is 3.09 bits per heavy atom. The SMILES string of the molecule is C#CN=C(/C=C\C)c1noc(CC2CCCN2C(=O)c2nn3c(c2-c2ccccn2)COCC3)n1. The van der Waals surface area contributed by atoms with Crippen molar-refractivity contribution in [1.29, 1.82) is 0 Å². The van der Waals surface area contributed by atoms with E-state index in [0.717, 1.165) is 24.1 Å². The highest BCUT2D eigenvalue weighted by Gasteiger charge is 2.35. The number of hydrogen-bond acceptors (Lipinski definition) is 8. The number of terminal acetylenes is 1. The highest BCUT2D eigenvalue weighted by Crippen LogP contribution is 2.31. The number of hydrogen-bond donors (Lipinski definition) is 0. The number of allylic oxidation sites excluding steroid dienone is 2. The van der Waals surface area contributed by atoms with Crippen LogP contribution in [0.1, 0.15) is 47.7 Å². The number of rotatable bonds is 6. The number of carbonyl (C=O) groups excluding carboxylic acids is 1. The Labute approximate surface area is 202 Å². The molecule has 0 spiro atoms. The molecule has 0 saturated carbocycles. The molecule has 35 heavy (non-hydrogen) atoms.